The highest BCUT2D eigenvalue weighted by atomic mass is 19.4. The van der Waals surface area contributed by atoms with Crippen LogP contribution in [0.4, 0.5) is 13.2 Å². The molecule has 2 N–H and O–H groups in total. The molecule has 0 aromatic heterocycles. The number of halogens is 3. The van der Waals surface area contributed by atoms with Crippen molar-refractivity contribution in [1.29, 1.82) is 0 Å². The predicted octanol–water partition coefficient (Wildman–Crippen LogP) is -0.148. The highest BCUT2D eigenvalue weighted by Crippen LogP contribution is 2.14. The van der Waals surface area contributed by atoms with Gasteiger partial charge in [0, 0.05) is 19.6 Å². The molecule has 0 aliphatic heterocycles. The Labute approximate surface area is 86.3 Å². The first-order chi connectivity index (χ1) is 6.99. The topological polar surface area (TPSA) is 52.9 Å². The van der Waals surface area contributed by atoms with Crippen molar-refractivity contribution >= 4 is 0 Å². The number of hydrogen-bond donors (Lipinski definition) is 2. The molecule has 0 unspecified atom stereocenters. The molecule has 0 aliphatic rings. The lowest BCUT2D eigenvalue weighted by molar-refractivity contribution is -0.174. The third kappa shape index (κ3) is 9.92. The maximum Gasteiger partial charge on any atom is 0.411 e. The lowest BCUT2D eigenvalue weighted by Crippen LogP contribution is -2.33. The fourth-order valence-corrected chi connectivity index (χ4v) is 1.000. The van der Waals surface area contributed by atoms with E-state index in [-0.39, 0.29) is 26.4 Å². The quantitative estimate of drug-likeness (QED) is 0.570. The zero-order valence-corrected chi connectivity index (χ0v) is 8.33. The van der Waals surface area contributed by atoms with Crippen LogP contribution in [-0.4, -0.2) is 67.4 Å². The van der Waals surface area contributed by atoms with Crippen LogP contribution < -0.4 is 0 Å². The summed E-state index contributed by atoms with van der Waals surface area (Å²) < 4.78 is 39.4. The minimum atomic E-state index is -4.31. The molecular formula is C8H16F3NO3. The molecule has 0 rings (SSSR count). The molecule has 0 aliphatic carbocycles. The first-order valence-corrected chi connectivity index (χ1v) is 4.58. The second-order valence-corrected chi connectivity index (χ2v) is 2.96. The van der Waals surface area contributed by atoms with Crippen molar-refractivity contribution < 1.29 is 28.1 Å². The molecular weight excluding hydrogens is 215 g/mol. The lowest BCUT2D eigenvalue weighted by Gasteiger charge is -2.19. The minimum absolute atomic E-state index is 0.0699. The Morgan fingerprint density at radius 1 is 1.00 bits per heavy atom. The van der Waals surface area contributed by atoms with Crippen molar-refractivity contribution in [2.45, 2.75) is 6.18 Å². The van der Waals surface area contributed by atoms with Crippen molar-refractivity contribution in [2.75, 3.05) is 46.1 Å². The van der Waals surface area contributed by atoms with Crippen LogP contribution in [0.25, 0.3) is 0 Å². The van der Waals surface area contributed by atoms with E-state index in [1.54, 1.807) is 4.90 Å². The van der Waals surface area contributed by atoms with Gasteiger partial charge in [0.1, 0.15) is 6.61 Å². The summed E-state index contributed by atoms with van der Waals surface area (Å²) in [6, 6.07) is 0. The number of rotatable bonds is 8. The Morgan fingerprint density at radius 3 is 1.93 bits per heavy atom. The monoisotopic (exact) mass is 231 g/mol. The van der Waals surface area contributed by atoms with E-state index >= 15 is 0 Å². The molecule has 0 spiro atoms. The van der Waals surface area contributed by atoms with Crippen molar-refractivity contribution in [1.82, 2.24) is 4.90 Å². The number of aliphatic hydroxyl groups excluding tert-OH is 2. The molecule has 0 saturated carbocycles. The van der Waals surface area contributed by atoms with Gasteiger partial charge >= 0.3 is 6.18 Å². The highest BCUT2D eigenvalue weighted by molar-refractivity contribution is 4.56. The van der Waals surface area contributed by atoms with Crippen LogP contribution in [0, 0.1) is 0 Å². The average molecular weight is 231 g/mol. The van der Waals surface area contributed by atoms with Gasteiger partial charge in [0.2, 0.25) is 0 Å². The SMILES string of the molecule is OCCN(CCO)CCOCC(F)(F)F. The van der Waals surface area contributed by atoms with Gasteiger partial charge in [-0.2, -0.15) is 13.2 Å². The molecule has 0 saturated heterocycles. The molecule has 0 radical (unpaired) electrons. The standard InChI is InChI=1S/C8H16F3NO3/c9-8(10,11)7-15-6-3-12(1-4-13)2-5-14/h13-14H,1-7H2. The van der Waals surface area contributed by atoms with E-state index in [0.29, 0.717) is 13.1 Å². The van der Waals surface area contributed by atoms with E-state index in [4.69, 9.17) is 10.2 Å². The van der Waals surface area contributed by atoms with Crippen molar-refractivity contribution in [3.05, 3.63) is 0 Å². The third-order valence-corrected chi connectivity index (χ3v) is 1.65. The summed E-state index contributed by atoms with van der Waals surface area (Å²) >= 11 is 0. The first-order valence-electron chi connectivity index (χ1n) is 4.58. The fraction of sp³-hybridized carbons (Fsp3) is 1.00. The Balaban J connectivity index is 3.52. The zero-order chi connectivity index (χ0) is 11.7. The van der Waals surface area contributed by atoms with Gasteiger partial charge < -0.3 is 14.9 Å². The Hall–Kier alpha value is -0.370. The van der Waals surface area contributed by atoms with Crippen LogP contribution in [0.1, 0.15) is 0 Å². The molecule has 4 nitrogen and oxygen atoms in total. The second-order valence-electron chi connectivity index (χ2n) is 2.96. The van der Waals surface area contributed by atoms with E-state index < -0.39 is 12.8 Å². The van der Waals surface area contributed by atoms with E-state index in [2.05, 4.69) is 4.74 Å². The van der Waals surface area contributed by atoms with Gasteiger partial charge in [-0.05, 0) is 0 Å². The van der Waals surface area contributed by atoms with Gasteiger partial charge in [0.25, 0.3) is 0 Å². The molecule has 0 bridgehead atoms. The second kappa shape index (κ2) is 7.86. The average Bonchev–Trinajstić information content (AvgIpc) is 2.11. The maximum atomic E-state index is 11.7. The molecule has 0 amide bonds. The van der Waals surface area contributed by atoms with E-state index in [1.807, 2.05) is 0 Å². The minimum Gasteiger partial charge on any atom is -0.395 e. The Morgan fingerprint density at radius 2 is 1.53 bits per heavy atom. The molecule has 15 heavy (non-hydrogen) atoms. The molecule has 7 heteroatoms. The molecule has 0 aromatic rings. The Kier molecular flexibility index (Phi) is 7.67. The summed E-state index contributed by atoms with van der Waals surface area (Å²) in [6.07, 6.45) is -4.31. The molecule has 92 valence electrons. The zero-order valence-electron chi connectivity index (χ0n) is 8.33. The first kappa shape index (κ1) is 14.6. The predicted molar refractivity (Wildman–Crippen MR) is 47.5 cm³/mol. The van der Waals surface area contributed by atoms with Gasteiger partial charge in [-0.15, -0.1) is 0 Å². The summed E-state index contributed by atoms with van der Waals surface area (Å²) in [6.45, 7) is -0.639. The maximum absolute atomic E-state index is 11.7. The van der Waals surface area contributed by atoms with E-state index in [1.165, 1.54) is 0 Å². The molecule has 0 aromatic carbocycles. The number of ether oxygens (including phenoxy) is 1. The summed E-state index contributed by atoms with van der Waals surface area (Å²) in [7, 11) is 0. The number of aliphatic hydroxyl groups is 2. The molecule has 0 heterocycles. The normalized spacial score (nSPS) is 12.4. The number of alkyl halides is 3. The van der Waals surface area contributed by atoms with Crippen molar-refractivity contribution in [3.8, 4) is 0 Å². The summed E-state index contributed by atoms with van der Waals surface area (Å²) in [5, 5.41) is 17.2. The largest absolute Gasteiger partial charge is 0.411 e. The smallest absolute Gasteiger partial charge is 0.395 e. The van der Waals surface area contributed by atoms with Gasteiger partial charge in [-0.1, -0.05) is 0 Å². The highest BCUT2D eigenvalue weighted by Gasteiger charge is 2.27. The third-order valence-electron chi connectivity index (χ3n) is 1.65. The molecule has 0 atom stereocenters. The fourth-order valence-electron chi connectivity index (χ4n) is 1.000. The van der Waals surface area contributed by atoms with Crippen LogP contribution in [-0.2, 0) is 4.74 Å². The van der Waals surface area contributed by atoms with Crippen LogP contribution >= 0.6 is 0 Å². The van der Waals surface area contributed by atoms with E-state index in [0.717, 1.165) is 0 Å². The van der Waals surface area contributed by atoms with Gasteiger partial charge in [0.15, 0.2) is 0 Å². The van der Waals surface area contributed by atoms with Crippen LogP contribution in [0.5, 0.6) is 0 Å². The van der Waals surface area contributed by atoms with Crippen molar-refractivity contribution in [2.24, 2.45) is 0 Å². The van der Waals surface area contributed by atoms with Gasteiger partial charge in [0.05, 0.1) is 19.8 Å². The summed E-state index contributed by atoms with van der Waals surface area (Å²) in [4.78, 5) is 1.62. The van der Waals surface area contributed by atoms with Crippen LogP contribution in [0.3, 0.4) is 0 Å². The number of nitrogens with zero attached hydrogens (tertiary/aromatic N) is 1. The van der Waals surface area contributed by atoms with Crippen molar-refractivity contribution in [3.63, 3.8) is 0 Å². The summed E-state index contributed by atoms with van der Waals surface area (Å²) in [5.74, 6) is 0. The number of hydrogen-bond acceptors (Lipinski definition) is 4. The van der Waals surface area contributed by atoms with Crippen LogP contribution in [0.15, 0.2) is 0 Å². The van der Waals surface area contributed by atoms with Crippen LogP contribution in [0.2, 0.25) is 0 Å². The summed E-state index contributed by atoms with van der Waals surface area (Å²) in [5.41, 5.74) is 0. The van der Waals surface area contributed by atoms with Gasteiger partial charge in [-0.3, -0.25) is 4.90 Å². The molecule has 0 fully saturated rings. The lowest BCUT2D eigenvalue weighted by atomic mass is 10.4. The van der Waals surface area contributed by atoms with Gasteiger partial charge in [-0.25, -0.2) is 0 Å². The Bertz CT molecular complexity index is 149. The van der Waals surface area contributed by atoms with E-state index in [9.17, 15) is 13.2 Å².